The van der Waals surface area contributed by atoms with Crippen molar-refractivity contribution in [2.45, 2.75) is 20.5 Å². The fraction of sp³-hybridized carbons (Fsp3) is 0.185. The molecule has 0 atom stereocenters. The Morgan fingerprint density at radius 3 is 2.50 bits per heavy atom. The Morgan fingerprint density at radius 1 is 1.06 bits per heavy atom. The van der Waals surface area contributed by atoms with Crippen LogP contribution in [0.25, 0.3) is 5.69 Å². The molecular formula is C27H24Cl2IN3O3. The summed E-state index contributed by atoms with van der Waals surface area (Å²) < 4.78 is 16.2. The number of aromatic nitrogens is 2. The molecule has 0 radical (unpaired) electrons. The molecule has 1 aromatic heterocycles. The predicted octanol–water partition coefficient (Wildman–Crippen LogP) is 7.12. The zero-order valence-electron chi connectivity index (χ0n) is 20.0. The maximum atomic E-state index is 13.2. The molecule has 0 saturated carbocycles. The first kappa shape index (κ1) is 26.3. The molecule has 3 aromatic carbocycles. The summed E-state index contributed by atoms with van der Waals surface area (Å²) in [6.07, 6.45) is 1.67. The molecule has 4 aromatic rings. The second-order valence-electron chi connectivity index (χ2n) is 7.96. The van der Waals surface area contributed by atoms with Crippen LogP contribution >= 0.6 is 45.8 Å². The second kappa shape index (κ2) is 11.5. The first-order valence-corrected chi connectivity index (χ1v) is 13.0. The Labute approximate surface area is 233 Å². The lowest BCUT2D eigenvalue weighted by Crippen LogP contribution is -2.19. The first-order valence-electron chi connectivity index (χ1n) is 11.2. The minimum absolute atomic E-state index is 0.183. The zero-order valence-corrected chi connectivity index (χ0v) is 23.6. The maximum Gasteiger partial charge on any atom is 0.297 e. The van der Waals surface area contributed by atoms with Crippen LogP contribution in [0.4, 0.5) is 5.69 Å². The van der Waals surface area contributed by atoms with E-state index in [1.807, 2.05) is 69.4 Å². The van der Waals surface area contributed by atoms with Crippen molar-refractivity contribution in [2.75, 3.05) is 6.61 Å². The van der Waals surface area contributed by atoms with Crippen LogP contribution in [0.1, 0.15) is 23.7 Å². The molecule has 0 aliphatic carbocycles. The molecule has 0 aliphatic rings. The second-order valence-corrected chi connectivity index (χ2v) is 9.96. The van der Waals surface area contributed by atoms with E-state index in [0.717, 1.165) is 26.1 Å². The van der Waals surface area contributed by atoms with Crippen LogP contribution < -0.4 is 15.0 Å². The highest BCUT2D eigenvalue weighted by Crippen LogP contribution is 2.35. The van der Waals surface area contributed by atoms with Crippen LogP contribution in [0.15, 0.2) is 70.5 Å². The van der Waals surface area contributed by atoms with Gasteiger partial charge in [0.25, 0.3) is 5.56 Å². The van der Waals surface area contributed by atoms with E-state index < -0.39 is 0 Å². The molecule has 0 unspecified atom stereocenters. The Bertz CT molecular complexity index is 1480. The van der Waals surface area contributed by atoms with Crippen molar-refractivity contribution in [1.29, 1.82) is 0 Å². The quantitative estimate of drug-likeness (QED) is 0.153. The van der Waals surface area contributed by atoms with Gasteiger partial charge in [-0.2, -0.15) is 0 Å². The molecule has 9 heteroatoms. The van der Waals surface area contributed by atoms with Crippen LogP contribution in [0.2, 0.25) is 10.0 Å². The molecule has 0 N–H and O–H groups in total. The SMILES string of the molecule is CCOc1cc(C=Nc2c(C)n(C)n(-c3ccccc3)c2=O)cc(I)c1OCc1ccc(Cl)cc1Cl. The summed E-state index contributed by atoms with van der Waals surface area (Å²) in [5.41, 5.74) is 3.35. The van der Waals surface area contributed by atoms with Crippen molar-refractivity contribution >= 4 is 57.7 Å². The van der Waals surface area contributed by atoms with Crippen molar-refractivity contribution in [3.63, 3.8) is 0 Å². The lowest BCUT2D eigenvalue weighted by atomic mass is 10.2. The van der Waals surface area contributed by atoms with E-state index >= 15 is 0 Å². The molecule has 0 saturated heterocycles. The average Bonchev–Trinajstić information content (AvgIpc) is 3.06. The summed E-state index contributed by atoms with van der Waals surface area (Å²) in [6.45, 7) is 4.52. The summed E-state index contributed by atoms with van der Waals surface area (Å²) in [5, 5.41) is 1.11. The van der Waals surface area contributed by atoms with Crippen LogP contribution in [0.5, 0.6) is 11.5 Å². The topological polar surface area (TPSA) is 57.8 Å². The highest BCUT2D eigenvalue weighted by Gasteiger charge is 2.16. The molecule has 186 valence electrons. The fourth-order valence-corrected chi connectivity index (χ4v) is 4.94. The number of ether oxygens (including phenoxy) is 2. The third kappa shape index (κ3) is 5.63. The van der Waals surface area contributed by atoms with Gasteiger partial charge < -0.3 is 9.47 Å². The van der Waals surface area contributed by atoms with Gasteiger partial charge in [-0.15, -0.1) is 0 Å². The van der Waals surface area contributed by atoms with Crippen LogP contribution in [-0.4, -0.2) is 22.2 Å². The van der Waals surface area contributed by atoms with E-state index in [9.17, 15) is 4.79 Å². The van der Waals surface area contributed by atoms with E-state index in [2.05, 4.69) is 27.6 Å². The molecule has 0 fully saturated rings. The van der Waals surface area contributed by atoms with E-state index in [0.29, 0.717) is 33.8 Å². The molecular weight excluding hydrogens is 612 g/mol. The minimum Gasteiger partial charge on any atom is -0.490 e. The first-order chi connectivity index (χ1) is 17.3. The van der Waals surface area contributed by atoms with Gasteiger partial charge in [-0.05, 0) is 78.4 Å². The molecule has 0 aliphatic heterocycles. The van der Waals surface area contributed by atoms with Gasteiger partial charge in [-0.25, -0.2) is 9.67 Å². The van der Waals surface area contributed by atoms with E-state index in [4.69, 9.17) is 32.7 Å². The number of hydrogen-bond acceptors (Lipinski definition) is 4. The molecule has 0 bridgehead atoms. The minimum atomic E-state index is -0.183. The van der Waals surface area contributed by atoms with Gasteiger partial charge >= 0.3 is 0 Å². The normalized spacial score (nSPS) is 11.3. The standard InChI is InChI=1S/C27H24Cl2IN3O3/c1-4-35-24-13-18(12-23(30)26(24)36-16-19-10-11-20(28)14-22(19)29)15-31-25-17(2)32(3)33(27(25)34)21-8-6-5-7-9-21/h5-15H,4,16H2,1-3H3. The summed E-state index contributed by atoms with van der Waals surface area (Å²) in [5.74, 6) is 1.20. The Morgan fingerprint density at radius 2 is 1.81 bits per heavy atom. The van der Waals surface area contributed by atoms with Crippen LogP contribution in [0, 0.1) is 10.5 Å². The average molecular weight is 636 g/mol. The lowest BCUT2D eigenvalue weighted by Gasteiger charge is -2.15. The molecule has 1 heterocycles. The summed E-state index contributed by atoms with van der Waals surface area (Å²) in [4.78, 5) is 17.7. The summed E-state index contributed by atoms with van der Waals surface area (Å²) in [7, 11) is 1.85. The Hall–Kier alpha value is -2.75. The molecule has 0 spiro atoms. The Kier molecular flexibility index (Phi) is 8.43. The van der Waals surface area contributed by atoms with Crippen LogP contribution in [0.3, 0.4) is 0 Å². The summed E-state index contributed by atoms with van der Waals surface area (Å²) >= 11 is 14.5. The molecule has 0 amide bonds. The maximum absolute atomic E-state index is 13.2. The largest absolute Gasteiger partial charge is 0.490 e. The predicted molar refractivity (Wildman–Crippen MR) is 154 cm³/mol. The number of benzene rings is 3. The number of rotatable bonds is 8. The van der Waals surface area contributed by atoms with Gasteiger partial charge in [0.15, 0.2) is 17.2 Å². The van der Waals surface area contributed by atoms with Crippen molar-refractivity contribution in [1.82, 2.24) is 9.36 Å². The van der Waals surface area contributed by atoms with Gasteiger partial charge in [0.2, 0.25) is 0 Å². The molecule has 6 nitrogen and oxygen atoms in total. The van der Waals surface area contributed by atoms with Crippen LogP contribution in [-0.2, 0) is 13.7 Å². The van der Waals surface area contributed by atoms with Crippen molar-refractivity contribution in [3.05, 3.63) is 101 Å². The number of hydrogen-bond donors (Lipinski definition) is 0. The van der Waals surface area contributed by atoms with E-state index in [1.165, 1.54) is 0 Å². The van der Waals surface area contributed by atoms with Crippen molar-refractivity contribution in [2.24, 2.45) is 12.0 Å². The number of para-hydroxylation sites is 1. The van der Waals surface area contributed by atoms with Gasteiger partial charge in [0.05, 0.1) is 21.6 Å². The fourth-order valence-electron chi connectivity index (χ4n) is 3.70. The lowest BCUT2D eigenvalue weighted by molar-refractivity contribution is 0.267. The zero-order chi connectivity index (χ0) is 25.8. The number of nitrogens with zero attached hydrogens (tertiary/aromatic N) is 3. The van der Waals surface area contributed by atoms with Crippen molar-refractivity contribution in [3.8, 4) is 17.2 Å². The highest BCUT2D eigenvalue weighted by atomic mass is 127. The van der Waals surface area contributed by atoms with Gasteiger partial charge in [0, 0.05) is 28.9 Å². The highest BCUT2D eigenvalue weighted by molar-refractivity contribution is 14.1. The third-order valence-corrected chi connectivity index (χ3v) is 6.97. The third-order valence-electron chi connectivity index (χ3n) is 5.59. The van der Waals surface area contributed by atoms with Gasteiger partial charge in [0.1, 0.15) is 6.61 Å². The molecule has 4 rings (SSSR count). The summed E-state index contributed by atoms with van der Waals surface area (Å²) in [6, 6.07) is 18.6. The monoisotopic (exact) mass is 635 g/mol. The van der Waals surface area contributed by atoms with E-state index in [1.54, 1.807) is 27.7 Å². The molecule has 36 heavy (non-hydrogen) atoms. The van der Waals surface area contributed by atoms with Crippen molar-refractivity contribution < 1.29 is 9.47 Å². The number of halogens is 3. The van der Waals surface area contributed by atoms with Gasteiger partial charge in [-0.3, -0.25) is 9.48 Å². The van der Waals surface area contributed by atoms with E-state index in [-0.39, 0.29) is 12.2 Å². The smallest absolute Gasteiger partial charge is 0.297 e. The number of aliphatic imine (C=N–C) groups is 1. The Balaban J connectivity index is 1.64. The van der Waals surface area contributed by atoms with Gasteiger partial charge in [-0.1, -0.05) is 47.5 Å².